The Labute approximate surface area is 122 Å². The molecule has 2 rings (SSSR count). The maximum Gasteiger partial charge on any atom is 0.251 e. The number of hydrogen-bond donors (Lipinski definition) is 1. The monoisotopic (exact) mass is 274 g/mol. The average Bonchev–Trinajstić information content (AvgIpc) is 2.40. The Morgan fingerprint density at radius 1 is 1.35 bits per heavy atom. The Kier molecular flexibility index (Phi) is 5.18. The van der Waals surface area contributed by atoms with Gasteiger partial charge < -0.3 is 10.2 Å². The van der Waals surface area contributed by atoms with Crippen LogP contribution in [0.1, 0.15) is 42.6 Å². The van der Waals surface area contributed by atoms with E-state index in [1.807, 2.05) is 31.2 Å². The van der Waals surface area contributed by atoms with Crippen LogP contribution in [-0.4, -0.2) is 36.5 Å². The molecular formula is C17H26N2O. The third kappa shape index (κ3) is 4.34. The van der Waals surface area contributed by atoms with Crippen molar-refractivity contribution >= 4 is 5.91 Å². The van der Waals surface area contributed by atoms with E-state index in [-0.39, 0.29) is 5.91 Å². The van der Waals surface area contributed by atoms with Gasteiger partial charge in [-0.25, -0.2) is 0 Å². The molecule has 110 valence electrons. The molecule has 1 aliphatic heterocycles. The van der Waals surface area contributed by atoms with Crippen LogP contribution in [0.3, 0.4) is 0 Å². The van der Waals surface area contributed by atoms with Crippen molar-refractivity contribution in [3.05, 3.63) is 35.4 Å². The van der Waals surface area contributed by atoms with E-state index in [9.17, 15) is 4.79 Å². The molecule has 0 aliphatic carbocycles. The van der Waals surface area contributed by atoms with Crippen LogP contribution in [-0.2, 0) is 0 Å². The predicted molar refractivity (Wildman–Crippen MR) is 82.9 cm³/mol. The fourth-order valence-electron chi connectivity index (χ4n) is 2.83. The second kappa shape index (κ2) is 6.89. The number of piperidine rings is 1. The Morgan fingerprint density at radius 3 is 2.65 bits per heavy atom. The number of aryl methyl sites for hydroxylation is 1. The summed E-state index contributed by atoms with van der Waals surface area (Å²) >= 11 is 0. The van der Waals surface area contributed by atoms with Crippen LogP contribution in [0.25, 0.3) is 0 Å². The largest absolute Gasteiger partial charge is 0.349 e. The number of nitrogens with zero attached hydrogens (tertiary/aromatic N) is 1. The predicted octanol–water partition coefficient (Wildman–Crippen LogP) is 2.85. The van der Waals surface area contributed by atoms with E-state index in [2.05, 4.69) is 24.1 Å². The second-order valence-electron chi connectivity index (χ2n) is 6.31. The molecule has 0 unspecified atom stereocenters. The molecule has 1 saturated heterocycles. The molecule has 0 radical (unpaired) electrons. The number of likely N-dealkylation sites (tertiary alicyclic amines) is 1. The van der Waals surface area contributed by atoms with E-state index in [1.165, 1.54) is 6.54 Å². The minimum atomic E-state index is 0.0657. The minimum absolute atomic E-state index is 0.0657. The normalized spacial score (nSPS) is 17.4. The summed E-state index contributed by atoms with van der Waals surface area (Å²) in [7, 11) is 0. The molecule has 1 aromatic rings. The van der Waals surface area contributed by atoms with Crippen molar-refractivity contribution in [2.45, 2.75) is 39.7 Å². The smallest absolute Gasteiger partial charge is 0.251 e. The summed E-state index contributed by atoms with van der Waals surface area (Å²) in [4.78, 5) is 14.7. The number of hydrogen-bond acceptors (Lipinski definition) is 2. The Morgan fingerprint density at radius 2 is 2.05 bits per heavy atom. The summed E-state index contributed by atoms with van der Waals surface area (Å²) < 4.78 is 0. The molecular weight excluding hydrogens is 248 g/mol. The minimum Gasteiger partial charge on any atom is -0.349 e. The summed E-state index contributed by atoms with van der Waals surface area (Å²) in [5.74, 6) is 0.782. The van der Waals surface area contributed by atoms with Crippen LogP contribution in [0, 0.1) is 12.8 Å². The van der Waals surface area contributed by atoms with E-state index in [0.29, 0.717) is 12.0 Å². The van der Waals surface area contributed by atoms with Gasteiger partial charge in [-0.3, -0.25) is 4.79 Å². The maximum absolute atomic E-state index is 12.2. The zero-order valence-electron chi connectivity index (χ0n) is 12.9. The number of rotatable bonds is 4. The zero-order chi connectivity index (χ0) is 14.5. The van der Waals surface area contributed by atoms with Crippen LogP contribution in [0.2, 0.25) is 0 Å². The third-order valence-corrected chi connectivity index (χ3v) is 3.83. The summed E-state index contributed by atoms with van der Waals surface area (Å²) in [5.41, 5.74) is 1.90. The molecule has 1 N–H and O–H groups in total. The first kappa shape index (κ1) is 15.0. The van der Waals surface area contributed by atoms with E-state index < -0.39 is 0 Å². The maximum atomic E-state index is 12.2. The molecule has 0 atom stereocenters. The van der Waals surface area contributed by atoms with Crippen LogP contribution >= 0.6 is 0 Å². The summed E-state index contributed by atoms with van der Waals surface area (Å²) in [6.45, 7) is 9.88. The van der Waals surface area contributed by atoms with Gasteiger partial charge in [0.15, 0.2) is 0 Å². The Hall–Kier alpha value is -1.35. The zero-order valence-corrected chi connectivity index (χ0v) is 12.9. The first-order chi connectivity index (χ1) is 9.54. The van der Waals surface area contributed by atoms with Gasteiger partial charge in [-0.1, -0.05) is 31.5 Å². The topological polar surface area (TPSA) is 32.3 Å². The SMILES string of the molecule is Cc1cccc(C(=O)NC2CCN(CC(C)C)CC2)c1. The number of amides is 1. The molecule has 0 bridgehead atoms. The lowest BCUT2D eigenvalue weighted by atomic mass is 10.0. The van der Waals surface area contributed by atoms with Gasteiger partial charge in [-0.05, 0) is 37.8 Å². The van der Waals surface area contributed by atoms with Gasteiger partial charge in [0, 0.05) is 31.2 Å². The lowest BCUT2D eigenvalue weighted by molar-refractivity contribution is 0.0907. The van der Waals surface area contributed by atoms with Gasteiger partial charge in [0.05, 0.1) is 0 Å². The van der Waals surface area contributed by atoms with Crippen molar-refractivity contribution in [3.63, 3.8) is 0 Å². The van der Waals surface area contributed by atoms with Gasteiger partial charge in [0.1, 0.15) is 0 Å². The molecule has 20 heavy (non-hydrogen) atoms. The lowest BCUT2D eigenvalue weighted by Crippen LogP contribution is -2.45. The molecule has 1 amide bonds. The van der Waals surface area contributed by atoms with E-state index in [1.54, 1.807) is 0 Å². The van der Waals surface area contributed by atoms with Crippen LogP contribution in [0.5, 0.6) is 0 Å². The van der Waals surface area contributed by atoms with Gasteiger partial charge >= 0.3 is 0 Å². The van der Waals surface area contributed by atoms with E-state index in [0.717, 1.165) is 37.1 Å². The fourth-order valence-corrected chi connectivity index (χ4v) is 2.83. The molecule has 1 aromatic carbocycles. The van der Waals surface area contributed by atoms with E-state index in [4.69, 9.17) is 0 Å². The van der Waals surface area contributed by atoms with Crippen LogP contribution < -0.4 is 5.32 Å². The van der Waals surface area contributed by atoms with Gasteiger partial charge in [0.2, 0.25) is 0 Å². The highest BCUT2D eigenvalue weighted by Crippen LogP contribution is 2.13. The van der Waals surface area contributed by atoms with E-state index >= 15 is 0 Å². The van der Waals surface area contributed by atoms with Crippen molar-refractivity contribution in [1.29, 1.82) is 0 Å². The standard InChI is InChI=1S/C17H26N2O/c1-13(2)12-19-9-7-16(8-10-19)18-17(20)15-6-4-5-14(3)11-15/h4-6,11,13,16H,7-10,12H2,1-3H3,(H,18,20). The summed E-state index contributed by atoms with van der Waals surface area (Å²) in [5, 5.41) is 3.17. The number of carbonyl (C=O) groups excluding carboxylic acids is 1. The van der Waals surface area contributed by atoms with Crippen molar-refractivity contribution in [1.82, 2.24) is 10.2 Å². The quantitative estimate of drug-likeness (QED) is 0.915. The molecule has 3 nitrogen and oxygen atoms in total. The van der Waals surface area contributed by atoms with Gasteiger partial charge in [-0.15, -0.1) is 0 Å². The first-order valence-electron chi connectivity index (χ1n) is 7.64. The molecule has 3 heteroatoms. The second-order valence-corrected chi connectivity index (χ2v) is 6.31. The first-order valence-corrected chi connectivity index (χ1v) is 7.64. The number of benzene rings is 1. The molecule has 1 aliphatic rings. The van der Waals surface area contributed by atoms with Crippen molar-refractivity contribution in [3.8, 4) is 0 Å². The van der Waals surface area contributed by atoms with Crippen molar-refractivity contribution < 1.29 is 4.79 Å². The van der Waals surface area contributed by atoms with Gasteiger partial charge in [-0.2, -0.15) is 0 Å². The highest BCUT2D eigenvalue weighted by atomic mass is 16.1. The van der Waals surface area contributed by atoms with Gasteiger partial charge in [0.25, 0.3) is 5.91 Å². The molecule has 1 heterocycles. The van der Waals surface area contributed by atoms with Crippen molar-refractivity contribution in [2.24, 2.45) is 5.92 Å². The van der Waals surface area contributed by atoms with Crippen LogP contribution in [0.15, 0.2) is 24.3 Å². The molecule has 1 fully saturated rings. The Bertz CT molecular complexity index is 448. The van der Waals surface area contributed by atoms with Crippen LogP contribution in [0.4, 0.5) is 0 Å². The number of nitrogens with one attached hydrogen (secondary N) is 1. The summed E-state index contributed by atoms with van der Waals surface area (Å²) in [6, 6.07) is 8.11. The average molecular weight is 274 g/mol. The Balaban J connectivity index is 1.82. The molecule has 0 spiro atoms. The lowest BCUT2D eigenvalue weighted by Gasteiger charge is -2.33. The van der Waals surface area contributed by atoms with Crippen molar-refractivity contribution in [2.75, 3.05) is 19.6 Å². The number of carbonyl (C=O) groups is 1. The molecule has 0 saturated carbocycles. The highest BCUT2D eigenvalue weighted by molar-refractivity contribution is 5.94. The third-order valence-electron chi connectivity index (χ3n) is 3.83. The molecule has 0 aromatic heterocycles. The summed E-state index contributed by atoms with van der Waals surface area (Å²) in [6.07, 6.45) is 2.12. The highest BCUT2D eigenvalue weighted by Gasteiger charge is 2.21. The fraction of sp³-hybridized carbons (Fsp3) is 0.588.